The largest absolute Gasteiger partial charge is 0.326 e. The molecule has 1 aliphatic heterocycles. The smallest absolute Gasteiger partial charge is 0.243 e. The first-order chi connectivity index (χ1) is 7.50. The van der Waals surface area contributed by atoms with Gasteiger partial charge in [0.15, 0.2) is 0 Å². The number of halogens is 2. The molecule has 0 spiro atoms. The van der Waals surface area contributed by atoms with Gasteiger partial charge in [0.25, 0.3) is 0 Å². The van der Waals surface area contributed by atoms with Crippen molar-refractivity contribution in [1.29, 1.82) is 0 Å². The summed E-state index contributed by atoms with van der Waals surface area (Å²) in [6.45, 7) is 0.886. The molecule has 1 aromatic carbocycles. The van der Waals surface area contributed by atoms with Crippen LogP contribution in [0.5, 0.6) is 0 Å². The average Bonchev–Trinajstić information content (AvgIpc) is 2.66. The molecule has 1 aromatic rings. The van der Waals surface area contributed by atoms with Gasteiger partial charge in [0.05, 0.1) is 4.90 Å². The molecular weight excluding hydrogens is 283 g/mol. The van der Waals surface area contributed by atoms with Crippen LogP contribution in [0.2, 0.25) is 5.02 Å². The third-order valence-corrected chi connectivity index (χ3v) is 4.77. The first-order valence-electron chi connectivity index (χ1n) is 5.01. The minimum atomic E-state index is -3.39. The van der Waals surface area contributed by atoms with Gasteiger partial charge in [0.2, 0.25) is 10.0 Å². The number of rotatable bonds is 2. The van der Waals surface area contributed by atoms with Crippen LogP contribution in [0.15, 0.2) is 29.2 Å². The number of hydrogen-bond acceptors (Lipinski definition) is 3. The second-order valence-electron chi connectivity index (χ2n) is 3.87. The van der Waals surface area contributed by atoms with Crippen molar-refractivity contribution in [3.63, 3.8) is 0 Å². The third kappa shape index (κ3) is 3.11. The van der Waals surface area contributed by atoms with E-state index in [0.29, 0.717) is 24.5 Å². The van der Waals surface area contributed by atoms with Gasteiger partial charge in [0.1, 0.15) is 0 Å². The maximum Gasteiger partial charge on any atom is 0.243 e. The summed E-state index contributed by atoms with van der Waals surface area (Å²) in [7, 11) is -3.39. The fourth-order valence-electron chi connectivity index (χ4n) is 1.73. The number of benzene rings is 1. The Morgan fingerprint density at radius 2 is 1.88 bits per heavy atom. The Morgan fingerprint density at radius 1 is 1.29 bits per heavy atom. The number of nitrogens with zero attached hydrogens (tertiary/aromatic N) is 1. The van der Waals surface area contributed by atoms with Crippen LogP contribution in [-0.2, 0) is 10.0 Å². The molecule has 96 valence electrons. The van der Waals surface area contributed by atoms with Crippen LogP contribution in [0, 0.1) is 0 Å². The highest BCUT2D eigenvalue weighted by atomic mass is 35.5. The van der Waals surface area contributed by atoms with E-state index in [1.165, 1.54) is 16.4 Å². The molecule has 0 saturated carbocycles. The number of nitrogens with two attached hydrogens (primary N) is 1. The Hall–Kier alpha value is -0.330. The molecule has 0 amide bonds. The van der Waals surface area contributed by atoms with E-state index in [9.17, 15) is 8.42 Å². The van der Waals surface area contributed by atoms with Crippen LogP contribution >= 0.6 is 24.0 Å². The Balaban J connectivity index is 0.00000144. The fraction of sp³-hybridized carbons (Fsp3) is 0.400. The predicted molar refractivity (Wildman–Crippen MR) is 70.1 cm³/mol. The zero-order valence-corrected chi connectivity index (χ0v) is 11.4. The number of hydrogen-bond donors (Lipinski definition) is 1. The molecule has 1 fully saturated rings. The second-order valence-corrected chi connectivity index (χ2v) is 6.24. The van der Waals surface area contributed by atoms with Gasteiger partial charge in [-0.3, -0.25) is 0 Å². The maximum atomic E-state index is 12.1. The SMILES string of the molecule is Cl.N[C@@H]1CCN(S(=O)(=O)c2ccc(Cl)cc2)C1. The first kappa shape index (κ1) is 14.7. The van der Waals surface area contributed by atoms with E-state index in [-0.39, 0.29) is 23.3 Å². The summed E-state index contributed by atoms with van der Waals surface area (Å²) < 4.78 is 25.7. The Morgan fingerprint density at radius 3 is 2.35 bits per heavy atom. The first-order valence-corrected chi connectivity index (χ1v) is 6.83. The van der Waals surface area contributed by atoms with Crippen molar-refractivity contribution >= 4 is 34.0 Å². The van der Waals surface area contributed by atoms with Crippen LogP contribution in [0.1, 0.15) is 6.42 Å². The van der Waals surface area contributed by atoms with Crippen molar-refractivity contribution in [2.75, 3.05) is 13.1 Å². The summed E-state index contributed by atoms with van der Waals surface area (Å²) in [5, 5.41) is 0.525. The average molecular weight is 297 g/mol. The highest BCUT2D eigenvalue weighted by molar-refractivity contribution is 7.89. The highest BCUT2D eigenvalue weighted by Crippen LogP contribution is 2.21. The molecule has 2 rings (SSSR count). The van der Waals surface area contributed by atoms with Crippen molar-refractivity contribution in [2.45, 2.75) is 17.4 Å². The molecule has 7 heteroatoms. The van der Waals surface area contributed by atoms with Gasteiger partial charge in [-0.05, 0) is 30.7 Å². The van der Waals surface area contributed by atoms with Crippen molar-refractivity contribution in [3.05, 3.63) is 29.3 Å². The van der Waals surface area contributed by atoms with E-state index in [4.69, 9.17) is 17.3 Å². The minimum absolute atomic E-state index is 0. The summed E-state index contributed by atoms with van der Waals surface area (Å²) in [5.41, 5.74) is 5.70. The molecule has 0 aliphatic carbocycles. The van der Waals surface area contributed by atoms with Crippen LogP contribution < -0.4 is 5.73 Å². The van der Waals surface area contributed by atoms with Gasteiger partial charge in [-0.25, -0.2) is 8.42 Å². The molecule has 1 aliphatic rings. The summed E-state index contributed by atoms with van der Waals surface area (Å²) in [6, 6.07) is 6.12. The fourth-order valence-corrected chi connectivity index (χ4v) is 3.37. The van der Waals surface area contributed by atoms with Crippen molar-refractivity contribution in [2.24, 2.45) is 5.73 Å². The summed E-state index contributed by atoms with van der Waals surface area (Å²) >= 11 is 5.72. The summed E-state index contributed by atoms with van der Waals surface area (Å²) in [5.74, 6) is 0. The lowest BCUT2D eigenvalue weighted by Crippen LogP contribution is -2.31. The van der Waals surface area contributed by atoms with Gasteiger partial charge in [-0.15, -0.1) is 12.4 Å². The van der Waals surface area contributed by atoms with Crippen molar-refractivity contribution < 1.29 is 8.42 Å². The standard InChI is InChI=1S/C10H13ClN2O2S.ClH/c11-8-1-3-10(4-2-8)16(14,15)13-6-5-9(12)7-13;/h1-4,9H,5-7,12H2;1H/t9-;/m1./s1. The van der Waals surface area contributed by atoms with E-state index >= 15 is 0 Å². The van der Waals surface area contributed by atoms with Crippen LogP contribution in [0.25, 0.3) is 0 Å². The summed E-state index contributed by atoms with van der Waals surface area (Å²) in [4.78, 5) is 0.269. The molecule has 0 bridgehead atoms. The van der Waals surface area contributed by atoms with Crippen LogP contribution in [0.3, 0.4) is 0 Å². The van der Waals surface area contributed by atoms with Gasteiger partial charge in [-0.1, -0.05) is 11.6 Å². The van der Waals surface area contributed by atoms with Gasteiger partial charge >= 0.3 is 0 Å². The van der Waals surface area contributed by atoms with E-state index in [1.807, 2.05) is 0 Å². The van der Waals surface area contributed by atoms with Crippen LogP contribution in [0.4, 0.5) is 0 Å². The monoisotopic (exact) mass is 296 g/mol. The van der Waals surface area contributed by atoms with Gasteiger partial charge in [-0.2, -0.15) is 4.31 Å². The molecule has 0 aromatic heterocycles. The molecule has 0 radical (unpaired) electrons. The van der Waals surface area contributed by atoms with Gasteiger partial charge in [0, 0.05) is 24.2 Å². The molecule has 17 heavy (non-hydrogen) atoms. The highest BCUT2D eigenvalue weighted by Gasteiger charge is 2.30. The van der Waals surface area contributed by atoms with Crippen molar-refractivity contribution in [1.82, 2.24) is 4.31 Å². The Labute approximate surface area is 112 Å². The molecule has 2 N–H and O–H groups in total. The lowest BCUT2D eigenvalue weighted by atomic mass is 10.3. The predicted octanol–water partition coefficient (Wildman–Crippen LogP) is 1.48. The lowest BCUT2D eigenvalue weighted by Gasteiger charge is -2.15. The van der Waals surface area contributed by atoms with E-state index in [1.54, 1.807) is 12.1 Å². The quantitative estimate of drug-likeness (QED) is 0.899. The molecule has 0 unspecified atom stereocenters. The van der Waals surface area contributed by atoms with E-state index in [2.05, 4.69) is 0 Å². The third-order valence-electron chi connectivity index (χ3n) is 2.64. The number of sulfonamides is 1. The Kier molecular flexibility index (Phi) is 4.80. The normalized spacial score (nSPS) is 21.2. The maximum absolute atomic E-state index is 12.1. The lowest BCUT2D eigenvalue weighted by molar-refractivity contribution is 0.472. The molecule has 1 atom stereocenters. The molecule has 4 nitrogen and oxygen atoms in total. The summed E-state index contributed by atoms with van der Waals surface area (Å²) in [6.07, 6.45) is 0.715. The van der Waals surface area contributed by atoms with Crippen LogP contribution in [-0.4, -0.2) is 31.9 Å². The molecule has 1 saturated heterocycles. The van der Waals surface area contributed by atoms with Gasteiger partial charge < -0.3 is 5.73 Å². The van der Waals surface area contributed by atoms with E-state index < -0.39 is 10.0 Å². The zero-order chi connectivity index (χ0) is 11.8. The van der Waals surface area contributed by atoms with Crippen molar-refractivity contribution in [3.8, 4) is 0 Å². The topological polar surface area (TPSA) is 63.4 Å². The molecule has 1 heterocycles. The Bertz CT molecular complexity index is 476. The molecular formula is C10H14Cl2N2O2S. The second kappa shape index (κ2) is 5.54. The minimum Gasteiger partial charge on any atom is -0.326 e. The van der Waals surface area contributed by atoms with E-state index in [0.717, 1.165) is 0 Å². The zero-order valence-electron chi connectivity index (χ0n) is 9.04.